The average molecular weight is 360 g/mol. The second-order valence-electron chi connectivity index (χ2n) is 8.42. The van der Waals surface area contributed by atoms with Gasteiger partial charge in [0, 0.05) is 36.8 Å². The molecule has 1 aliphatic rings. The average Bonchev–Trinajstić information content (AvgIpc) is 2.53. The van der Waals surface area contributed by atoms with Crippen LogP contribution in [0.25, 0.3) is 0 Å². The first-order valence-corrected chi connectivity index (χ1v) is 9.08. The van der Waals surface area contributed by atoms with Crippen LogP contribution in [-0.4, -0.2) is 61.4 Å². The molecule has 0 unspecified atom stereocenters. The quantitative estimate of drug-likeness (QED) is 0.626. The van der Waals surface area contributed by atoms with Crippen molar-refractivity contribution in [1.82, 2.24) is 15.1 Å². The van der Waals surface area contributed by atoms with Gasteiger partial charge in [-0.2, -0.15) is 0 Å². The molecule has 26 heavy (non-hydrogen) atoms. The molecule has 1 heterocycles. The summed E-state index contributed by atoms with van der Waals surface area (Å²) in [6.07, 6.45) is 0. The van der Waals surface area contributed by atoms with Gasteiger partial charge in [0.15, 0.2) is 5.96 Å². The topological polar surface area (TPSA) is 60.0 Å². The number of rotatable bonds is 5. The first-order valence-electron chi connectivity index (χ1n) is 9.08. The summed E-state index contributed by atoms with van der Waals surface area (Å²) in [6.45, 7) is 11.1. The number of likely N-dealkylation sites (N-methyl/N-ethyl adjacent to an activating group) is 1. The smallest absolute Gasteiger partial charge is 0.238 e. The van der Waals surface area contributed by atoms with Gasteiger partial charge in [-0.25, -0.2) is 0 Å². The van der Waals surface area contributed by atoms with Crippen molar-refractivity contribution in [3.05, 3.63) is 29.8 Å². The van der Waals surface area contributed by atoms with Gasteiger partial charge in [0.05, 0.1) is 6.54 Å². The Kier molecular flexibility index (Phi) is 5.96. The highest BCUT2D eigenvalue weighted by Crippen LogP contribution is 2.46. The summed E-state index contributed by atoms with van der Waals surface area (Å²) in [6, 6.07) is 7.92. The maximum absolute atomic E-state index is 11.9. The molecular formula is C20H33N5O. The van der Waals surface area contributed by atoms with Crippen molar-refractivity contribution in [3.8, 4) is 0 Å². The Balaban J connectivity index is 1.97. The lowest BCUT2D eigenvalue weighted by Crippen LogP contribution is -2.72. The van der Waals surface area contributed by atoms with E-state index in [1.165, 1.54) is 0 Å². The van der Waals surface area contributed by atoms with Crippen molar-refractivity contribution in [1.29, 1.82) is 0 Å². The molecule has 144 valence electrons. The van der Waals surface area contributed by atoms with Crippen LogP contribution in [0.2, 0.25) is 0 Å². The number of benzene rings is 1. The van der Waals surface area contributed by atoms with Gasteiger partial charge in [-0.1, -0.05) is 26.0 Å². The number of aliphatic imine (C=N–C) groups is 1. The van der Waals surface area contributed by atoms with Crippen molar-refractivity contribution in [2.45, 2.75) is 39.8 Å². The Hall–Kier alpha value is -2.08. The van der Waals surface area contributed by atoms with E-state index in [4.69, 9.17) is 0 Å². The Labute approximate surface area is 157 Å². The van der Waals surface area contributed by atoms with Gasteiger partial charge < -0.3 is 20.4 Å². The molecule has 0 bridgehead atoms. The number of hydrogen-bond acceptors (Lipinski definition) is 3. The van der Waals surface area contributed by atoms with Crippen molar-refractivity contribution in [2.24, 2.45) is 10.4 Å². The minimum atomic E-state index is -0.0134. The molecule has 0 aliphatic carbocycles. The number of hydrogen-bond donors (Lipinski definition) is 2. The SMILES string of the molecule is CN=C(NCc1cccc(NC(=O)CN(C)C)c1)N1CC(C)(C)C1(C)C. The van der Waals surface area contributed by atoms with E-state index in [0.29, 0.717) is 13.1 Å². The highest BCUT2D eigenvalue weighted by Gasteiger charge is 2.53. The molecule has 0 radical (unpaired) electrons. The lowest BCUT2D eigenvalue weighted by Gasteiger charge is -2.62. The third-order valence-electron chi connectivity index (χ3n) is 5.47. The second kappa shape index (κ2) is 7.66. The lowest BCUT2D eigenvalue weighted by molar-refractivity contribution is -0.116. The number of nitrogens with zero attached hydrogens (tertiary/aromatic N) is 3. The van der Waals surface area contributed by atoms with Crippen LogP contribution in [-0.2, 0) is 11.3 Å². The van der Waals surface area contributed by atoms with E-state index in [-0.39, 0.29) is 16.9 Å². The maximum atomic E-state index is 11.9. The van der Waals surface area contributed by atoms with Gasteiger partial charge in [-0.15, -0.1) is 0 Å². The van der Waals surface area contributed by atoms with Crippen molar-refractivity contribution in [2.75, 3.05) is 39.5 Å². The first kappa shape index (κ1) is 20.2. The molecule has 1 amide bonds. The number of nitrogens with one attached hydrogen (secondary N) is 2. The van der Waals surface area contributed by atoms with E-state index < -0.39 is 0 Å². The fourth-order valence-electron chi connectivity index (χ4n) is 3.12. The van der Waals surface area contributed by atoms with E-state index in [9.17, 15) is 4.79 Å². The van der Waals surface area contributed by atoms with Crippen LogP contribution in [0.5, 0.6) is 0 Å². The minimum absolute atomic E-state index is 0.0134. The van der Waals surface area contributed by atoms with E-state index in [0.717, 1.165) is 23.8 Å². The Morgan fingerprint density at radius 3 is 2.50 bits per heavy atom. The van der Waals surface area contributed by atoms with Crippen LogP contribution in [0.15, 0.2) is 29.3 Å². The summed E-state index contributed by atoms with van der Waals surface area (Å²) in [5, 5.41) is 6.38. The fourth-order valence-corrected chi connectivity index (χ4v) is 3.12. The second-order valence-corrected chi connectivity index (χ2v) is 8.42. The minimum Gasteiger partial charge on any atom is -0.352 e. The highest BCUT2D eigenvalue weighted by atomic mass is 16.2. The van der Waals surface area contributed by atoms with Gasteiger partial charge in [-0.05, 0) is 45.6 Å². The summed E-state index contributed by atoms with van der Waals surface area (Å²) in [5.41, 5.74) is 2.25. The Bertz CT molecular complexity index is 679. The maximum Gasteiger partial charge on any atom is 0.238 e. The highest BCUT2D eigenvalue weighted by molar-refractivity contribution is 5.92. The summed E-state index contributed by atoms with van der Waals surface area (Å²) in [7, 11) is 5.58. The van der Waals surface area contributed by atoms with Crippen molar-refractivity contribution in [3.63, 3.8) is 0 Å². The van der Waals surface area contributed by atoms with E-state index in [1.807, 2.05) is 50.3 Å². The van der Waals surface area contributed by atoms with Gasteiger partial charge in [0.25, 0.3) is 0 Å². The standard InChI is InChI=1S/C20H33N5O/c1-19(2)14-25(20(19,3)4)18(21-5)22-12-15-9-8-10-16(11-15)23-17(26)13-24(6)7/h8-11H,12-14H2,1-7H3,(H,21,22)(H,23,26). The molecule has 2 rings (SSSR count). The third kappa shape index (κ3) is 4.36. The number of anilines is 1. The predicted octanol–water partition coefficient (Wildman–Crippen LogP) is 2.38. The summed E-state index contributed by atoms with van der Waals surface area (Å²) in [4.78, 5) is 20.5. The van der Waals surface area contributed by atoms with Crippen LogP contribution in [0.3, 0.4) is 0 Å². The number of amides is 1. The molecule has 0 saturated carbocycles. The normalized spacial score (nSPS) is 18.5. The van der Waals surface area contributed by atoms with E-state index in [2.05, 4.69) is 48.2 Å². The Morgan fingerprint density at radius 1 is 1.27 bits per heavy atom. The van der Waals surface area contributed by atoms with Gasteiger partial charge in [0.2, 0.25) is 5.91 Å². The largest absolute Gasteiger partial charge is 0.352 e. The lowest BCUT2D eigenvalue weighted by atomic mass is 9.65. The van der Waals surface area contributed by atoms with Crippen LogP contribution in [0, 0.1) is 5.41 Å². The monoisotopic (exact) mass is 359 g/mol. The molecule has 1 saturated heterocycles. The zero-order chi connectivity index (χ0) is 19.5. The van der Waals surface area contributed by atoms with E-state index >= 15 is 0 Å². The number of guanidine groups is 1. The zero-order valence-corrected chi connectivity index (χ0v) is 17.2. The number of carbonyl (C=O) groups is 1. The number of carbonyl (C=O) groups excluding carboxylic acids is 1. The van der Waals surface area contributed by atoms with Crippen LogP contribution < -0.4 is 10.6 Å². The third-order valence-corrected chi connectivity index (χ3v) is 5.47. The van der Waals surface area contributed by atoms with Crippen molar-refractivity contribution >= 4 is 17.6 Å². The molecule has 0 atom stereocenters. The van der Waals surface area contributed by atoms with Crippen LogP contribution >= 0.6 is 0 Å². The summed E-state index contributed by atoms with van der Waals surface area (Å²) in [5.74, 6) is 0.900. The molecule has 0 aromatic heterocycles. The molecule has 1 fully saturated rings. The predicted molar refractivity (Wildman–Crippen MR) is 108 cm³/mol. The summed E-state index contributed by atoms with van der Waals surface area (Å²) >= 11 is 0. The van der Waals surface area contributed by atoms with Crippen LogP contribution in [0.4, 0.5) is 5.69 Å². The summed E-state index contributed by atoms with van der Waals surface area (Å²) < 4.78 is 0. The van der Waals surface area contributed by atoms with Gasteiger partial charge >= 0.3 is 0 Å². The zero-order valence-electron chi connectivity index (χ0n) is 17.2. The van der Waals surface area contributed by atoms with Crippen molar-refractivity contribution < 1.29 is 4.79 Å². The fraction of sp³-hybridized carbons (Fsp3) is 0.600. The Morgan fingerprint density at radius 2 is 1.96 bits per heavy atom. The molecule has 1 aliphatic heterocycles. The number of likely N-dealkylation sites (tertiary alicyclic amines) is 1. The van der Waals surface area contributed by atoms with E-state index in [1.54, 1.807) is 0 Å². The first-order chi connectivity index (χ1) is 12.1. The molecule has 1 aromatic rings. The van der Waals surface area contributed by atoms with Gasteiger partial charge in [-0.3, -0.25) is 9.79 Å². The molecular weight excluding hydrogens is 326 g/mol. The molecule has 2 N–H and O–H groups in total. The molecule has 0 spiro atoms. The van der Waals surface area contributed by atoms with Crippen LogP contribution in [0.1, 0.15) is 33.3 Å². The van der Waals surface area contributed by atoms with Gasteiger partial charge in [0.1, 0.15) is 0 Å². The molecule has 1 aromatic carbocycles. The molecule has 6 nitrogen and oxygen atoms in total. The molecule has 6 heteroatoms.